The van der Waals surface area contributed by atoms with E-state index in [1.165, 1.54) is 25.7 Å². The van der Waals surface area contributed by atoms with Crippen LogP contribution in [0.1, 0.15) is 31.2 Å². The Hall–Kier alpha value is -1.49. The molecular weight excluding hydrogens is 186 g/mol. The number of benzene rings is 1. The Labute approximate surface area is 90.5 Å². The Balaban J connectivity index is 1.94. The average Bonchev–Trinajstić information content (AvgIpc) is 2.74. The molecular formula is C13H15NO. The molecule has 1 aliphatic carbocycles. The van der Waals surface area contributed by atoms with E-state index in [0.717, 1.165) is 11.3 Å². The van der Waals surface area contributed by atoms with E-state index in [4.69, 9.17) is 10.00 Å². The van der Waals surface area contributed by atoms with Crippen molar-refractivity contribution in [3.05, 3.63) is 29.8 Å². The van der Waals surface area contributed by atoms with Gasteiger partial charge in [0.25, 0.3) is 0 Å². The van der Waals surface area contributed by atoms with Gasteiger partial charge in [-0.25, -0.2) is 0 Å². The fourth-order valence-corrected chi connectivity index (χ4v) is 1.98. The minimum atomic E-state index is 0.409. The van der Waals surface area contributed by atoms with Crippen LogP contribution < -0.4 is 4.74 Å². The summed E-state index contributed by atoms with van der Waals surface area (Å²) < 4.78 is 5.83. The number of nitriles is 1. The topological polar surface area (TPSA) is 33.0 Å². The Morgan fingerprint density at radius 3 is 2.47 bits per heavy atom. The highest BCUT2D eigenvalue weighted by atomic mass is 16.5. The zero-order valence-corrected chi connectivity index (χ0v) is 8.78. The molecule has 0 atom stereocenters. The maximum atomic E-state index is 8.54. The first kappa shape index (κ1) is 10.0. The SMILES string of the molecule is N#CCc1ccc(OC2CCCC2)cc1. The molecule has 1 aromatic carbocycles. The fraction of sp³-hybridized carbons (Fsp3) is 0.462. The molecule has 78 valence electrons. The van der Waals surface area contributed by atoms with Crippen molar-refractivity contribution in [2.75, 3.05) is 0 Å². The van der Waals surface area contributed by atoms with Gasteiger partial charge in [-0.1, -0.05) is 12.1 Å². The normalized spacial score (nSPS) is 16.2. The third-order valence-electron chi connectivity index (χ3n) is 2.81. The summed E-state index contributed by atoms with van der Waals surface area (Å²) in [6.45, 7) is 0. The lowest BCUT2D eigenvalue weighted by atomic mass is 10.1. The van der Waals surface area contributed by atoms with Gasteiger partial charge in [0.15, 0.2) is 0 Å². The van der Waals surface area contributed by atoms with E-state index < -0.39 is 0 Å². The third kappa shape index (κ3) is 2.73. The number of ether oxygens (including phenoxy) is 1. The van der Waals surface area contributed by atoms with Gasteiger partial charge in [-0.3, -0.25) is 0 Å². The summed E-state index contributed by atoms with van der Waals surface area (Å²) in [6.07, 6.45) is 5.82. The summed E-state index contributed by atoms with van der Waals surface area (Å²) in [5.74, 6) is 0.934. The van der Waals surface area contributed by atoms with E-state index in [2.05, 4.69) is 6.07 Å². The van der Waals surface area contributed by atoms with Crippen molar-refractivity contribution < 1.29 is 4.74 Å². The largest absolute Gasteiger partial charge is 0.490 e. The first-order chi connectivity index (χ1) is 7.38. The van der Waals surface area contributed by atoms with Crippen LogP contribution in [-0.2, 0) is 6.42 Å². The second kappa shape index (κ2) is 4.84. The molecule has 15 heavy (non-hydrogen) atoms. The highest BCUT2D eigenvalue weighted by Crippen LogP contribution is 2.24. The van der Waals surface area contributed by atoms with Crippen molar-refractivity contribution in [1.82, 2.24) is 0 Å². The first-order valence-electron chi connectivity index (χ1n) is 5.51. The molecule has 0 N–H and O–H groups in total. The monoisotopic (exact) mass is 201 g/mol. The summed E-state index contributed by atoms with van der Waals surface area (Å²) in [5.41, 5.74) is 1.05. The molecule has 2 heteroatoms. The second-order valence-electron chi connectivity index (χ2n) is 4.00. The molecule has 0 spiro atoms. The van der Waals surface area contributed by atoms with Crippen LogP contribution in [0.2, 0.25) is 0 Å². The minimum Gasteiger partial charge on any atom is -0.490 e. The van der Waals surface area contributed by atoms with Crippen LogP contribution in [0, 0.1) is 11.3 Å². The van der Waals surface area contributed by atoms with E-state index >= 15 is 0 Å². The first-order valence-corrected chi connectivity index (χ1v) is 5.51. The van der Waals surface area contributed by atoms with Crippen molar-refractivity contribution in [2.24, 2.45) is 0 Å². The molecule has 0 aliphatic heterocycles. The van der Waals surface area contributed by atoms with Crippen LogP contribution in [0.25, 0.3) is 0 Å². The van der Waals surface area contributed by atoms with Gasteiger partial charge in [-0.05, 0) is 43.4 Å². The van der Waals surface area contributed by atoms with E-state index in [-0.39, 0.29) is 0 Å². The van der Waals surface area contributed by atoms with E-state index in [0.29, 0.717) is 12.5 Å². The molecule has 0 saturated heterocycles. The van der Waals surface area contributed by atoms with E-state index in [1.807, 2.05) is 24.3 Å². The maximum Gasteiger partial charge on any atom is 0.119 e. The van der Waals surface area contributed by atoms with Crippen molar-refractivity contribution in [2.45, 2.75) is 38.2 Å². The molecule has 0 amide bonds. The van der Waals surface area contributed by atoms with Crippen LogP contribution in [0.15, 0.2) is 24.3 Å². The summed E-state index contributed by atoms with van der Waals surface area (Å²) in [4.78, 5) is 0. The summed E-state index contributed by atoms with van der Waals surface area (Å²) in [6, 6.07) is 9.99. The van der Waals surface area contributed by atoms with Gasteiger partial charge < -0.3 is 4.74 Å². The average molecular weight is 201 g/mol. The highest BCUT2D eigenvalue weighted by molar-refractivity contribution is 5.28. The van der Waals surface area contributed by atoms with Gasteiger partial charge >= 0.3 is 0 Å². The maximum absolute atomic E-state index is 8.54. The number of hydrogen-bond donors (Lipinski definition) is 0. The number of nitrogens with zero attached hydrogens (tertiary/aromatic N) is 1. The van der Waals surface area contributed by atoms with Crippen LogP contribution in [0.5, 0.6) is 5.75 Å². The van der Waals surface area contributed by atoms with Crippen LogP contribution in [0.4, 0.5) is 0 Å². The molecule has 2 rings (SSSR count). The van der Waals surface area contributed by atoms with Crippen LogP contribution in [-0.4, -0.2) is 6.10 Å². The number of rotatable bonds is 3. The van der Waals surface area contributed by atoms with E-state index in [1.54, 1.807) is 0 Å². The zero-order valence-electron chi connectivity index (χ0n) is 8.78. The quantitative estimate of drug-likeness (QED) is 0.753. The molecule has 1 saturated carbocycles. The predicted molar refractivity (Wildman–Crippen MR) is 58.6 cm³/mol. The van der Waals surface area contributed by atoms with E-state index in [9.17, 15) is 0 Å². The molecule has 1 fully saturated rings. The van der Waals surface area contributed by atoms with Gasteiger partial charge in [-0.15, -0.1) is 0 Å². The van der Waals surface area contributed by atoms with Gasteiger partial charge in [0, 0.05) is 0 Å². The van der Waals surface area contributed by atoms with Crippen LogP contribution >= 0.6 is 0 Å². The third-order valence-corrected chi connectivity index (χ3v) is 2.81. The summed E-state index contributed by atoms with van der Waals surface area (Å²) in [7, 11) is 0. The lowest BCUT2D eigenvalue weighted by Gasteiger charge is -2.12. The Morgan fingerprint density at radius 1 is 1.20 bits per heavy atom. The van der Waals surface area contributed by atoms with Gasteiger partial charge in [-0.2, -0.15) is 5.26 Å². The van der Waals surface area contributed by atoms with Gasteiger partial charge in [0.05, 0.1) is 18.6 Å². The van der Waals surface area contributed by atoms with Crippen molar-refractivity contribution >= 4 is 0 Å². The molecule has 1 aromatic rings. The van der Waals surface area contributed by atoms with Crippen molar-refractivity contribution in [3.8, 4) is 11.8 Å². The lowest BCUT2D eigenvalue weighted by molar-refractivity contribution is 0.210. The summed E-state index contributed by atoms with van der Waals surface area (Å²) in [5, 5.41) is 8.54. The molecule has 0 bridgehead atoms. The molecule has 0 radical (unpaired) electrons. The second-order valence-corrected chi connectivity index (χ2v) is 4.00. The van der Waals surface area contributed by atoms with Crippen LogP contribution in [0.3, 0.4) is 0 Å². The molecule has 0 aromatic heterocycles. The summed E-state index contributed by atoms with van der Waals surface area (Å²) >= 11 is 0. The molecule has 2 nitrogen and oxygen atoms in total. The van der Waals surface area contributed by atoms with Gasteiger partial charge in [0.2, 0.25) is 0 Å². The fourth-order valence-electron chi connectivity index (χ4n) is 1.98. The lowest BCUT2D eigenvalue weighted by Crippen LogP contribution is -2.10. The Bertz CT molecular complexity index is 344. The predicted octanol–water partition coefficient (Wildman–Crippen LogP) is 3.07. The molecule has 0 unspecified atom stereocenters. The smallest absolute Gasteiger partial charge is 0.119 e. The van der Waals surface area contributed by atoms with Crippen molar-refractivity contribution in [1.29, 1.82) is 5.26 Å². The standard InChI is InChI=1S/C13H15NO/c14-10-9-11-5-7-13(8-6-11)15-12-3-1-2-4-12/h5-8,12H,1-4,9H2. The molecule has 1 aliphatic rings. The van der Waals surface area contributed by atoms with Crippen molar-refractivity contribution in [3.63, 3.8) is 0 Å². The highest BCUT2D eigenvalue weighted by Gasteiger charge is 2.16. The van der Waals surface area contributed by atoms with Gasteiger partial charge in [0.1, 0.15) is 5.75 Å². The number of hydrogen-bond acceptors (Lipinski definition) is 2. The Morgan fingerprint density at radius 2 is 1.87 bits per heavy atom. The molecule has 0 heterocycles. The Kier molecular flexibility index (Phi) is 3.24. The minimum absolute atomic E-state index is 0.409. The zero-order chi connectivity index (χ0) is 10.5.